The molecule has 1 atom stereocenters. The van der Waals surface area contributed by atoms with Crippen molar-refractivity contribution in [1.29, 1.82) is 0 Å². The van der Waals surface area contributed by atoms with Crippen LogP contribution in [-0.4, -0.2) is 5.60 Å². The molecule has 6 nitrogen and oxygen atoms in total. The summed E-state index contributed by atoms with van der Waals surface area (Å²) in [6, 6.07) is -0.251. The zero-order chi connectivity index (χ0) is 13.0. The third-order valence-corrected chi connectivity index (χ3v) is 3.11. The molecule has 2 rings (SSSR count). The molecule has 6 heteroatoms. The fraction of sp³-hybridized carbons (Fsp3) is 0.455. The minimum absolute atomic E-state index is 0.251. The van der Waals surface area contributed by atoms with E-state index in [0.29, 0.717) is 29.1 Å². The molecule has 17 heavy (non-hydrogen) atoms. The summed E-state index contributed by atoms with van der Waals surface area (Å²) in [5.41, 5.74) is 31.0. The monoisotopic (exact) mass is 237 g/mol. The van der Waals surface area contributed by atoms with Gasteiger partial charge in [0, 0.05) is 18.0 Å². The van der Waals surface area contributed by atoms with E-state index in [9.17, 15) is 0 Å². The van der Waals surface area contributed by atoms with Gasteiger partial charge in [-0.2, -0.15) is 0 Å². The van der Waals surface area contributed by atoms with Crippen LogP contribution in [0.25, 0.3) is 0 Å². The summed E-state index contributed by atoms with van der Waals surface area (Å²) in [5, 5.41) is 0. The van der Waals surface area contributed by atoms with Crippen LogP contribution >= 0.6 is 0 Å². The van der Waals surface area contributed by atoms with Crippen LogP contribution in [-0.2, 0) is 0 Å². The Morgan fingerprint density at radius 3 is 2.12 bits per heavy atom. The molecule has 0 saturated carbocycles. The molecule has 0 bridgehead atoms. The van der Waals surface area contributed by atoms with Gasteiger partial charge >= 0.3 is 0 Å². The second-order valence-electron chi connectivity index (χ2n) is 5.07. The molecular weight excluding hydrogens is 218 g/mol. The quantitative estimate of drug-likeness (QED) is 0.418. The number of hydrogen-bond donors (Lipinski definition) is 5. The zero-order valence-electron chi connectivity index (χ0n) is 10.1. The molecule has 1 aliphatic heterocycles. The van der Waals surface area contributed by atoms with Crippen LogP contribution in [0.15, 0.2) is 0 Å². The Morgan fingerprint density at radius 2 is 1.53 bits per heavy atom. The summed E-state index contributed by atoms with van der Waals surface area (Å²) in [6.45, 7) is 3.88. The Labute approximate surface area is 100 Å². The predicted octanol–water partition coefficient (Wildman–Crippen LogP) is 0.576. The first-order valence-electron chi connectivity index (χ1n) is 5.45. The van der Waals surface area contributed by atoms with Gasteiger partial charge in [-0.1, -0.05) is 0 Å². The van der Waals surface area contributed by atoms with Crippen molar-refractivity contribution in [1.82, 2.24) is 0 Å². The van der Waals surface area contributed by atoms with Crippen LogP contribution in [0, 0.1) is 0 Å². The van der Waals surface area contributed by atoms with Crippen molar-refractivity contribution in [2.75, 3.05) is 22.9 Å². The standard InChI is InChI=1S/C11H19N5O/c1-11(2)3-4(12)5-6(13)7(14)8(15)9(16)10(5)17-11/h4H,3,12-16H2,1-2H3. The number of ether oxygens (including phenoxy) is 1. The number of nitrogens with two attached hydrogens (primary N) is 5. The fourth-order valence-corrected chi connectivity index (χ4v) is 2.25. The van der Waals surface area contributed by atoms with Crippen LogP contribution in [0.2, 0.25) is 0 Å². The smallest absolute Gasteiger partial charge is 0.152 e. The topological polar surface area (TPSA) is 139 Å². The summed E-state index contributed by atoms with van der Waals surface area (Å²) in [6.07, 6.45) is 0.646. The second kappa shape index (κ2) is 3.33. The molecule has 1 aromatic carbocycles. The summed E-state index contributed by atoms with van der Waals surface area (Å²) >= 11 is 0. The van der Waals surface area contributed by atoms with Gasteiger partial charge in [-0.3, -0.25) is 0 Å². The van der Waals surface area contributed by atoms with Gasteiger partial charge in [-0.05, 0) is 13.8 Å². The average molecular weight is 237 g/mol. The van der Waals surface area contributed by atoms with Gasteiger partial charge in [0.2, 0.25) is 0 Å². The van der Waals surface area contributed by atoms with E-state index in [1.165, 1.54) is 0 Å². The Balaban J connectivity index is 2.72. The second-order valence-corrected chi connectivity index (χ2v) is 5.07. The number of benzene rings is 1. The molecule has 0 spiro atoms. The molecule has 0 aliphatic carbocycles. The number of fused-ring (bicyclic) bond motifs is 1. The van der Waals surface area contributed by atoms with Crippen molar-refractivity contribution in [3.05, 3.63) is 5.56 Å². The minimum Gasteiger partial charge on any atom is -0.485 e. The van der Waals surface area contributed by atoms with Gasteiger partial charge in [0.25, 0.3) is 0 Å². The van der Waals surface area contributed by atoms with Crippen molar-refractivity contribution in [2.24, 2.45) is 5.73 Å². The summed E-state index contributed by atoms with van der Waals surface area (Å²) in [7, 11) is 0. The predicted molar refractivity (Wildman–Crippen MR) is 70.3 cm³/mol. The molecule has 0 fully saturated rings. The number of hydrogen-bond acceptors (Lipinski definition) is 6. The van der Waals surface area contributed by atoms with Crippen LogP contribution in [0.4, 0.5) is 22.7 Å². The molecule has 1 aliphatic rings. The maximum atomic E-state index is 6.10. The lowest BCUT2D eigenvalue weighted by atomic mass is 9.88. The van der Waals surface area contributed by atoms with Gasteiger partial charge in [0.15, 0.2) is 5.75 Å². The third kappa shape index (κ3) is 1.61. The minimum atomic E-state index is -0.393. The summed E-state index contributed by atoms with van der Waals surface area (Å²) in [4.78, 5) is 0. The van der Waals surface area contributed by atoms with Gasteiger partial charge < -0.3 is 33.4 Å². The first kappa shape index (κ1) is 11.7. The average Bonchev–Trinajstić information content (AvgIpc) is 2.21. The van der Waals surface area contributed by atoms with Gasteiger partial charge in [-0.15, -0.1) is 0 Å². The van der Waals surface area contributed by atoms with Gasteiger partial charge in [-0.25, -0.2) is 0 Å². The largest absolute Gasteiger partial charge is 0.485 e. The molecule has 94 valence electrons. The normalized spacial score (nSPS) is 21.7. The highest BCUT2D eigenvalue weighted by Gasteiger charge is 2.36. The summed E-state index contributed by atoms with van der Waals surface area (Å²) < 4.78 is 5.82. The lowest BCUT2D eigenvalue weighted by Crippen LogP contribution is -2.38. The molecule has 1 unspecified atom stereocenters. The van der Waals surface area contributed by atoms with E-state index in [2.05, 4.69) is 0 Å². The van der Waals surface area contributed by atoms with Crippen molar-refractivity contribution < 1.29 is 4.74 Å². The lowest BCUT2D eigenvalue weighted by Gasteiger charge is -2.38. The molecule has 0 aromatic heterocycles. The van der Waals surface area contributed by atoms with Crippen molar-refractivity contribution in [3.63, 3.8) is 0 Å². The van der Waals surface area contributed by atoms with E-state index in [1.807, 2.05) is 13.8 Å². The lowest BCUT2D eigenvalue weighted by molar-refractivity contribution is 0.0743. The van der Waals surface area contributed by atoms with Crippen LogP contribution in [0.1, 0.15) is 31.9 Å². The van der Waals surface area contributed by atoms with Gasteiger partial charge in [0.05, 0.1) is 17.1 Å². The highest BCUT2D eigenvalue weighted by Crippen LogP contribution is 2.49. The van der Waals surface area contributed by atoms with Crippen molar-refractivity contribution in [2.45, 2.75) is 31.9 Å². The zero-order valence-corrected chi connectivity index (χ0v) is 10.1. The molecule has 0 amide bonds. The van der Waals surface area contributed by atoms with Crippen LogP contribution < -0.4 is 33.4 Å². The van der Waals surface area contributed by atoms with E-state index in [1.54, 1.807) is 0 Å². The Morgan fingerprint density at radius 1 is 1.00 bits per heavy atom. The van der Waals surface area contributed by atoms with E-state index in [4.69, 9.17) is 33.4 Å². The van der Waals surface area contributed by atoms with Crippen LogP contribution in [0.5, 0.6) is 5.75 Å². The maximum absolute atomic E-state index is 6.10. The maximum Gasteiger partial charge on any atom is 0.152 e. The Kier molecular flexibility index (Phi) is 2.29. The van der Waals surface area contributed by atoms with E-state index >= 15 is 0 Å². The molecule has 10 N–H and O–H groups in total. The van der Waals surface area contributed by atoms with E-state index in [0.717, 1.165) is 0 Å². The highest BCUT2D eigenvalue weighted by molar-refractivity contribution is 5.93. The van der Waals surface area contributed by atoms with Gasteiger partial charge in [0.1, 0.15) is 11.3 Å². The Hall–Kier alpha value is -1.82. The van der Waals surface area contributed by atoms with Crippen molar-refractivity contribution >= 4 is 22.7 Å². The molecule has 0 saturated heterocycles. The summed E-state index contributed by atoms with van der Waals surface area (Å²) in [5.74, 6) is 0.470. The highest BCUT2D eigenvalue weighted by atomic mass is 16.5. The molecule has 1 aromatic rings. The van der Waals surface area contributed by atoms with E-state index in [-0.39, 0.29) is 17.4 Å². The molecule has 1 heterocycles. The van der Waals surface area contributed by atoms with Crippen molar-refractivity contribution in [3.8, 4) is 5.75 Å². The first-order valence-corrected chi connectivity index (χ1v) is 5.45. The first-order chi connectivity index (χ1) is 7.74. The number of nitrogen functional groups attached to an aromatic ring is 4. The van der Waals surface area contributed by atoms with Crippen LogP contribution in [0.3, 0.4) is 0 Å². The Bertz CT molecular complexity index is 483. The fourth-order valence-electron chi connectivity index (χ4n) is 2.25. The molecular formula is C11H19N5O. The number of rotatable bonds is 0. The van der Waals surface area contributed by atoms with E-state index < -0.39 is 5.60 Å². The third-order valence-electron chi connectivity index (χ3n) is 3.11. The molecule has 0 radical (unpaired) electrons. The SMILES string of the molecule is CC1(C)CC(N)c2c(N)c(N)c(N)c(N)c2O1. The number of anilines is 4.